The fourth-order valence-electron chi connectivity index (χ4n) is 1.54. The van der Waals surface area contributed by atoms with Crippen molar-refractivity contribution in [3.8, 4) is 0 Å². The highest BCUT2D eigenvalue weighted by Crippen LogP contribution is 2.46. The zero-order valence-corrected chi connectivity index (χ0v) is 8.42. The number of hydrogen-bond donors (Lipinski definition) is 1. The summed E-state index contributed by atoms with van der Waals surface area (Å²) in [6.07, 6.45) is 3.88. The van der Waals surface area contributed by atoms with Gasteiger partial charge in [0, 0.05) is 16.5 Å². The van der Waals surface area contributed by atoms with Crippen LogP contribution < -0.4 is 5.73 Å². The molecule has 3 heteroatoms. The van der Waals surface area contributed by atoms with Gasteiger partial charge >= 0.3 is 0 Å². The van der Waals surface area contributed by atoms with E-state index in [1.807, 2.05) is 0 Å². The van der Waals surface area contributed by atoms with Crippen LogP contribution >= 0.6 is 0 Å². The van der Waals surface area contributed by atoms with E-state index >= 15 is 0 Å². The standard InChI is InChI=1S/C10H16N2O/c1-9(2,3)8-7(6-12-13-8)10(11)4-5-10/h6H,4-5,11H2,1-3H3. The van der Waals surface area contributed by atoms with Crippen molar-refractivity contribution in [1.82, 2.24) is 5.16 Å². The zero-order chi connectivity index (χ0) is 9.69. The molecule has 0 bridgehead atoms. The average molecular weight is 180 g/mol. The van der Waals surface area contributed by atoms with Gasteiger partial charge < -0.3 is 10.3 Å². The van der Waals surface area contributed by atoms with Gasteiger partial charge in [0.25, 0.3) is 0 Å². The van der Waals surface area contributed by atoms with Gasteiger partial charge in [0.1, 0.15) is 5.76 Å². The first-order chi connectivity index (χ1) is 5.93. The minimum Gasteiger partial charge on any atom is -0.360 e. The average Bonchev–Trinajstić information content (AvgIpc) is 2.60. The summed E-state index contributed by atoms with van der Waals surface area (Å²) in [5, 5.41) is 3.84. The molecule has 3 nitrogen and oxygen atoms in total. The molecule has 1 aromatic rings. The van der Waals surface area contributed by atoms with Gasteiger partial charge in [-0.05, 0) is 12.8 Å². The molecule has 72 valence electrons. The molecule has 1 heterocycles. The second-order valence-corrected chi connectivity index (χ2v) is 4.97. The van der Waals surface area contributed by atoms with Crippen LogP contribution in [-0.4, -0.2) is 5.16 Å². The Morgan fingerprint density at radius 2 is 2.08 bits per heavy atom. The van der Waals surface area contributed by atoms with Crippen LogP contribution in [0.2, 0.25) is 0 Å². The molecule has 0 saturated heterocycles. The molecular formula is C10H16N2O. The first kappa shape index (κ1) is 8.75. The van der Waals surface area contributed by atoms with Crippen molar-refractivity contribution in [3.05, 3.63) is 17.5 Å². The van der Waals surface area contributed by atoms with Crippen molar-refractivity contribution in [2.75, 3.05) is 0 Å². The summed E-state index contributed by atoms with van der Waals surface area (Å²) in [4.78, 5) is 0. The van der Waals surface area contributed by atoms with Crippen molar-refractivity contribution in [3.63, 3.8) is 0 Å². The molecule has 0 unspecified atom stereocenters. The first-order valence-corrected chi connectivity index (χ1v) is 4.68. The van der Waals surface area contributed by atoms with Gasteiger partial charge in [-0.2, -0.15) is 0 Å². The Kier molecular flexibility index (Phi) is 1.58. The molecule has 1 fully saturated rings. The Bertz CT molecular complexity index is 298. The molecule has 0 amide bonds. The maximum Gasteiger partial charge on any atom is 0.147 e. The Labute approximate surface area is 78.3 Å². The second-order valence-electron chi connectivity index (χ2n) is 4.97. The van der Waals surface area contributed by atoms with Gasteiger partial charge in [-0.1, -0.05) is 25.9 Å². The Morgan fingerprint density at radius 1 is 1.46 bits per heavy atom. The fourth-order valence-corrected chi connectivity index (χ4v) is 1.54. The first-order valence-electron chi connectivity index (χ1n) is 4.68. The summed E-state index contributed by atoms with van der Waals surface area (Å²) in [5.41, 5.74) is 7.07. The van der Waals surface area contributed by atoms with E-state index in [9.17, 15) is 0 Å². The third-order valence-electron chi connectivity index (χ3n) is 2.58. The number of nitrogens with zero attached hydrogens (tertiary/aromatic N) is 1. The molecule has 0 radical (unpaired) electrons. The molecule has 0 aliphatic heterocycles. The van der Waals surface area contributed by atoms with Gasteiger partial charge in [0.05, 0.1) is 6.20 Å². The van der Waals surface area contributed by atoms with E-state index in [0.29, 0.717) is 0 Å². The molecular weight excluding hydrogens is 164 g/mol. The SMILES string of the molecule is CC(C)(C)c1oncc1C1(N)CC1. The van der Waals surface area contributed by atoms with Crippen LogP contribution in [0.5, 0.6) is 0 Å². The van der Waals surface area contributed by atoms with Crippen LogP contribution in [0.3, 0.4) is 0 Å². The van der Waals surface area contributed by atoms with Crippen molar-refractivity contribution >= 4 is 0 Å². The minimum atomic E-state index is -0.136. The Hall–Kier alpha value is -0.830. The quantitative estimate of drug-likeness (QED) is 0.718. The summed E-state index contributed by atoms with van der Waals surface area (Å²) in [7, 11) is 0. The number of rotatable bonds is 1. The summed E-state index contributed by atoms with van der Waals surface area (Å²) in [6.45, 7) is 6.34. The van der Waals surface area contributed by atoms with E-state index in [4.69, 9.17) is 10.3 Å². The van der Waals surface area contributed by atoms with Crippen LogP contribution in [0.1, 0.15) is 44.9 Å². The lowest BCUT2D eigenvalue weighted by Gasteiger charge is -2.18. The van der Waals surface area contributed by atoms with E-state index in [1.165, 1.54) is 0 Å². The van der Waals surface area contributed by atoms with Crippen LogP contribution in [-0.2, 0) is 11.0 Å². The lowest BCUT2D eigenvalue weighted by Crippen LogP contribution is -2.23. The minimum absolute atomic E-state index is 0.000787. The number of nitrogens with two attached hydrogens (primary N) is 1. The van der Waals surface area contributed by atoms with Crippen molar-refractivity contribution in [1.29, 1.82) is 0 Å². The number of hydrogen-bond acceptors (Lipinski definition) is 3. The van der Waals surface area contributed by atoms with Gasteiger partial charge in [-0.3, -0.25) is 0 Å². The van der Waals surface area contributed by atoms with Crippen molar-refractivity contribution < 1.29 is 4.52 Å². The summed E-state index contributed by atoms with van der Waals surface area (Å²) >= 11 is 0. The monoisotopic (exact) mass is 180 g/mol. The molecule has 0 aromatic carbocycles. The third kappa shape index (κ3) is 1.37. The molecule has 0 atom stereocenters. The predicted octanol–water partition coefficient (Wildman–Crippen LogP) is 1.92. The van der Waals surface area contributed by atoms with Crippen LogP contribution in [0, 0.1) is 0 Å². The van der Waals surface area contributed by atoms with Gasteiger partial charge in [-0.25, -0.2) is 0 Å². The smallest absolute Gasteiger partial charge is 0.147 e. The fraction of sp³-hybridized carbons (Fsp3) is 0.700. The highest BCUT2D eigenvalue weighted by molar-refractivity contribution is 5.33. The normalized spacial score (nSPS) is 20.3. The molecule has 2 rings (SSSR count). The van der Waals surface area contributed by atoms with E-state index in [-0.39, 0.29) is 11.0 Å². The summed E-state index contributed by atoms with van der Waals surface area (Å²) in [6, 6.07) is 0. The van der Waals surface area contributed by atoms with Crippen molar-refractivity contribution in [2.45, 2.75) is 44.6 Å². The van der Waals surface area contributed by atoms with Crippen LogP contribution in [0.4, 0.5) is 0 Å². The molecule has 1 aromatic heterocycles. The predicted molar refractivity (Wildman–Crippen MR) is 50.3 cm³/mol. The van der Waals surface area contributed by atoms with Gasteiger partial charge in [0.15, 0.2) is 0 Å². The Balaban J connectivity index is 2.42. The van der Waals surface area contributed by atoms with E-state index in [2.05, 4.69) is 25.9 Å². The van der Waals surface area contributed by atoms with E-state index < -0.39 is 0 Å². The zero-order valence-electron chi connectivity index (χ0n) is 8.42. The molecule has 1 aliphatic rings. The lowest BCUT2D eigenvalue weighted by atomic mass is 9.88. The highest BCUT2D eigenvalue weighted by atomic mass is 16.5. The molecule has 0 spiro atoms. The van der Waals surface area contributed by atoms with Crippen LogP contribution in [0.25, 0.3) is 0 Å². The topological polar surface area (TPSA) is 52.0 Å². The summed E-state index contributed by atoms with van der Waals surface area (Å²) < 4.78 is 5.27. The van der Waals surface area contributed by atoms with E-state index in [0.717, 1.165) is 24.2 Å². The molecule has 2 N–H and O–H groups in total. The van der Waals surface area contributed by atoms with Gasteiger partial charge in [0.2, 0.25) is 0 Å². The largest absolute Gasteiger partial charge is 0.360 e. The number of aromatic nitrogens is 1. The highest BCUT2D eigenvalue weighted by Gasteiger charge is 2.45. The molecule has 13 heavy (non-hydrogen) atoms. The third-order valence-corrected chi connectivity index (χ3v) is 2.58. The second kappa shape index (κ2) is 2.35. The maximum atomic E-state index is 6.11. The van der Waals surface area contributed by atoms with E-state index in [1.54, 1.807) is 6.20 Å². The molecule has 1 saturated carbocycles. The van der Waals surface area contributed by atoms with Crippen molar-refractivity contribution in [2.24, 2.45) is 5.73 Å². The van der Waals surface area contributed by atoms with Crippen LogP contribution in [0.15, 0.2) is 10.7 Å². The molecule has 1 aliphatic carbocycles. The van der Waals surface area contributed by atoms with Gasteiger partial charge in [-0.15, -0.1) is 0 Å². The Morgan fingerprint density at radius 3 is 2.54 bits per heavy atom. The lowest BCUT2D eigenvalue weighted by molar-refractivity contribution is 0.325. The maximum absolute atomic E-state index is 6.11. The summed E-state index contributed by atoms with van der Waals surface area (Å²) in [5.74, 6) is 0.938.